The number of nitrogens with one attached hydrogen (secondary N) is 3. The van der Waals surface area contributed by atoms with Crippen LogP contribution in [0.15, 0.2) is 54.4 Å². The van der Waals surface area contributed by atoms with E-state index in [1.54, 1.807) is 39.0 Å². The Bertz CT molecular complexity index is 1470. The predicted octanol–water partition coefficient (Wildman–Crippen LogP) is 6.62. The highest BCUT2D eigenvalue weighted by molar-refractivity contribution is 6.32. The summed E-state index contributed by atoms with van der Waals surface area (Å²) in [7, 11) is 0. The molecule has 210 valence electrons. The van der Waals surface area contributed by atoms with Crippen LogP contribution in [0.1, 0.15) is 38.3 Å². The summed E-state index contributed by atoms with van der Waals surface area (Å²) >= 11 is 6.38. The Labute approximate surface area is 234 Å². The van der Waals surface area contributed by atoms with Crippen molar-refractivity contribution in [3.63, 3.8) is 0 Å². The first kappa shape index (κ1) is 28.9. The molecule has 0 atom stereocenters. The summed E-state index contributed by atoms with van der Waals surface area (Å²) < 4.78 is 44.7. The highest BCUT2D eigenvalue weighted by Crippen LogP contribution is 2.36. The molecular weight excluding hydrogens is 547 g/mol. The molecule has 0 aliphatic carbocycles. The van der Waals surface area contributed by atoms with Crippen LogP contribution >= 0.6 is 11.6 Å². The smallest absolute Gasteiger partial charge is 0.416 e. The number of hydrogen-bond acceptors (Lipinski definition) is 7. The minimum Gasteiger partial charge on any atom is -0.456 e. The number of fused-ring (bicyclic) bond motifs is 1. The molecule has 3 aromatic rings. The van der Waals surface area contributed by atoms with Gasteiger partial charge in [-0.2, -0.15) is 13.2 Å². The Hall–Kier alpha value is -4.12. The molecule has 0 saturated carbocycles. The Morgan fingerprint density at radius 1 is 1.10 bits per heavy atom. The van der Waals surface area contributed by atoms with Crippen molar-refractivity contribution >= 4 is 46.7 Å². The maximum Gasteiger partial charge on any atom is 0.416 e. The maximum atomic E-state index is 13.0. The van der Waals surface area contributed by atoms with Gasteiger partial charge < -0.3 is 20.7 Å². The topological polar surface area (TPSA) is 105 Å². The molecule has 0 saturated heterocycles. The van der Waals surface area contributed by atoms with Crippen LogP contribution in [0.25, 0.3) is 6.08 Å². The molecule has 2 heterocycles. The van der Waals surface area contributed by atoms with E-state index in [1.807, 2.05) is 0 Å². The molecular formula is C28H27ClF3N5O3. The van der Waals surface area contributed by atoms with Crippen LogP contribution in [0.4, 0.5) is 30.5 Å². The average molecular weight is 574 g/mol. The molecule has 1 amide bonds. The van der Waals surface area contributed by atoms with Crippen LogP contribution < -0.4 is 20.7 Å². The lowest BCUT2D eigenvalue weighted by atomic mass is 9.91. The van der Waals surface area contributed by atoms with Crippen molar-refractivity contribution in [2.45, 2.75) is 33.4 Å². The number of ketones is 1. The van der Waals surface area contributed by atoms with Crippen molar-refractivity contribution in [2.75, 3.05) is 23.7 Å². The number of rotatable bonds is 7. The number of hydrogen-bond donors (Lipinski definition) is 3. The van der Waals surface area contributed by atoms with Crippen LogP contribution in [0.2, 0.25) is 5.02 Å². The number of carbonyl (C=O) groups is 2. The van der Waals surface area contributed by atoms with Gasteiger partial charge in [0.15, 0.2) is 5.78 Å². The zero-order chi connectivity index (χ0) is 29.1. The Morgan fingerprint density at radius 3 is 2.58 bits per heavy atom. The Kier molecular flexibility index (Phi) is 8.34. The lowest BCUT2D eigenvalue weighted by molar-refractivity contribution is -0.137. The van der Waals surface area contributed by atoms with Crippen molar-refractivity contribution in [2.24, 2.45) is 5.41 Å². The van der Waals surface area contributed by atoms with E-state index in [1.165, 1.54) is 24.5 Å². The number of halogens is 4. The molecule has 0 bridgehead atoms. The monoisotopic (exact) mass is 573 g/mol. The number of amides is 1. The van der Waals surface area contributed by atoms with Crippen LogP contribution in [0.5, 0.6) is 11.5 Å². The summed E-state index contributed by atoms with van der Waals surface area (Å²) in [6.07, 6.45) is -1.07. The van der Waals surface area contributed by atoms with Crippen molar-refractivity contribution in [3.05, 3.63) is 70.5 Å². The van der Waals surface area contributed by atoms with Crippen LogP contribution in [0.3, 0.4) is 0 Å². The zero-order valence-electron chi connectivity index (χ0n) is 21.9. The summed E-state index contributed by atoms with van der Waals surface area (Å²) in [5.74, 6) is 0.612. The standard InChI is InChI=1S/C28H27ClF3N5O3/c1-27(2,3)23(38)14-34-26(39)16-9-10-33-24-20(11-16)25(36-15-35-24)37-18-7-8-22(21(29)13-18)40-19-6-4-5-17(12-19)28(30,31)32/h4-8,11-13,15H,9-10,14H2,1-3H3,(H,34,39)(H2,33,35,36,37). The molecule has 0 radical (unpaired) electrons. The third kappa shape index (κ3) is 7.09. The second-order valence-electron chi connectivity index (χ2n) is 10.1. The molecule has 8 nitrogen and oxygen atoms in total. The maximum absolute atomic E-state index is 13.0. The molecule has 12 heteroatoms. The molecule has 0 unspecified atom stereocenters. The second kappa shape index (κ2) is 11.5. The van der Waals surface area contributed by atoms with Crippen molar-refractivity contribution < 1.29 is 27.5 Å². The third-order valence-electron chi connectivity index (χ3n) is 6.01. The number of benzene rings is 2. The van der Waals surface area contributed by atoms with Gasteiger partial charge in [0.2, 0.25) is 5.91 Å². The van der Waals surface area contributed by atoms with E-state index in [0.717, 1.165) is 12.1 Å². The molecule has 1 aliphatic heterocycles. The Balaban J connectivity index is 1.53. The lowest BCUT2D eigenvalue weighted by Crippen LogP contribution is -2.36. The number of alkyl halides is 3. The Morgan fingerprint density at radius 2 is 1.88 bits per heavy atom. The van der Waals surface area contributed by atoms with Gasteiger partial charge in [0.05, 0.1) is 22.7 Å². The molecule has 1 aliphatic rings. The molecule has 2 aromatic carbocycles. The summed E-state index contributed by atoms with van der Waals surface area (Å²) in [6.45, 7) is 5.74. The molecule has 1 aromatic heterocycles. The van der Waals surface area contributed by atoms with Gasteiger partial charge in [0.25, 0.3) is 0 Å². The molecule has 40 heavy (non-hydrogen) atoms. The molecule has 0 spiro atoms. The SMILES string of the molecule is CC(C)(C)C(=O)CNC(=O)C1=Cc2c(ncnc2Nc2ccc(Oc3cccc(C(F)(F)F)c3)c(Cl)c2)NCC1. The van der Waals surface area contributed by atoms with Crippen molar-refractivity contribution in [1.82, 2.24) is 15.3 Å². The number of ether oxygens (including phenoxy) is 1. The van der Waals surface area contributed by atoms with Gasteiger partial charge in [0, 0.05) is 23.2 Å². The fourth-order valence-corrected chi connectivity index (χ4v) is 3.93. The fourth-order valence-electron chi connectivity index (χ4n) is 3.71. The first-order chi connectivity index (χ1) is 18.8. The largest absolute Gasteiger partial charge is 0.456 e. The molecule has 4 rings (SSSR count). The van der Waals surface area contributed by atoms with Crippen molar-refractivity contribution in [1.29, 1.82) is 0 Å². The summed E-state index contributed by atoms with van der Waals surface area (Å²) in [4.78, 5) is 33.7. The van der Waals surface area contributed by atoms with E-state index in [4.69, 9.17) is 16.3 Å². The first-order valence-electron chi connectivity index (χ1n) is 12.3. The van der Waals surface area contributed by atoms with Gasteiger partial charge in [0.1, 0.15) is 29.5 Å². The van der Waals surface area contributed by atoms with E-state index in [2.05, 4.69) is 25.9 Å². The van der Waals surface area contributed by atoms with E-state index in [-0.39, 0.29) is 34.8 Å². The van der Waals surface area contributed by atoms with Gasteiger partial charge in [-0.15, -0.1) is 0 Å². The number of aromatic nitrogens is 2. The quantitative estimate of drug-likeness (QED) is 0.292. The normalized spacial score (nSPS) is 13.3. The zero-order valence-corrected chi connectivity index (χ0v) is 22.7. The molecule has 0 fully saturated rings. The highest BCUT2D eigenvalue weighted by atomic mass is 35.5. The minimum absolute atomic E-state index is 0.00947. The second-order valence-corrected chi connectivity index (χ2v) is 10.5. The van der Waals surface area contributed by atoms with Crippen LogP contribution in [-0.2, 0) is 15.8 Å². The summed E-state index contributed by atoms with van der Waals surface area (Å²) in [6, 6.07) is 9.19. The number of nitrogens with zero attached hydrogens (tertiary/aromatic N) is 2. The van der Waals surface area contributed by atoms with Gasteiger partial charge in [-0.25, -0.2) is 9.97 Å². The average Bonchev–Trinajstić information content (AvgIpc) is 3.11. The highest BCUT2D eigenvalue weighted by Gasteiger charge is 2.30. The predicted molar refractivity (Wildman–Crippen MR) is 147 cm³/mol. The lowest BCUT2D eigenvalue weighted by Gasteiger charge is -2.17. The fraction of sp³-hybridized carbons (Fsp3) is 0.286. The van der Waals surface area contributed by atoms with E-state index in [9.17, 15) is 22.8 Å². The van der Waals surface area contributed by atoms with Gasteiger partial charge in [-0.3, -0.25) is 9.59 Å². The van der Waals surface area contributed by atoms with Gasteiger partial charge in [-0.05, 0) is 48.9 Å². The van der Waals surface area contributed by atoms with Gasteiger partial charge >= 0.3 is 6.18 Å². The third-order valence-corrected chi connectivity index (χ3v) is 6.31. The van der Waals surface area contributed by atoms with Crippen LogP contribution in [-0.4, -0.2) is 34.7 Å². The van der Waals surface area contributed by atoms with E-state index < -0.39 is 17.2 Å². The summed E-state index contributed by atoms with van der Waals surface area (Å²) in [5, 5.41) is 9.16. The van der Waals surface area contributed by atoms with E-state index in [0.29, 0.717) is 41.4 Å². The van der Waals surface area contributed by atoms with Gasteiger partial charge in [-0.1, -0.05) is 38.4 Å². The minimum atomic E-state index is -4.50. The van der Waals surface area contributed by atoms with Crippen LogP contribution in [0, 0.1) is 5.41 Å². The first-order valence-corrected chi connectivity index (χ1v) is 12.7. The number of carbonyl (C=O) groups excluding carboxylic acids is 2. The molecule has 3 N–H and O–H groups in total. The number of anilines is 3. The number of Topliss-reactive ketones (excluding diaryl/α,β-unsaturated/α-hetero) is 1. The van der Waals surface area contributed by atoms with E-state index >= 15 is 0 Å². The summed E-state index contributed by atoms with van der Waals surface area (Å²) in [5.41, 5.74) is 0.0987. The van der Waals surface area contributed by atoms with Crippen molar-refractivity contribution in [3.8, 4) is 11.5 Å².